The molecule has 2 atom stereocenters. The fraction of sp³-hybridized carbons (Fsp3) is 0.387. The Labute approximate surface area is 249 Å². The second-order valence-electron chi connectivity index (χ2n) is 10.3. The summed E-state index contributed by atoms with van der Waals surface area (Å²) in [5.74, 6) is -0.618. The van der Waals surface area contributed by atoms with Crippen molar-refractivity contribution < 1.29 is 19.1 Å². The summed E-state index contributed by atoms with van der Waals surface area (Å²) in [4.78, 5) is 43.3. The maximum atomic E-state index is 13.5. The minimum absolute atomic E-state index is 0.0377. The summed E-state index contributed by atoms with van der Waals surface area (Å²) in [5, 5.41) is 7.78. The molecular weight excluding hydrogens is 560 g/mol. The predicted octanol–water partition coefficient (Wildman–Crippen LogP) is 3.98. The average Bonchev–Trinajstić information content (AvgIpc) is 3.29. The Morgan fingerprint density at radius 2 is 1.71 bits per heavy atom. The van der Waals surface area contributed by atoms with Crippen LogP contribution in [-0.2, 0) is 25.7 Å². The molecule has 41 heavy (non-hydrogen) atoms. The zero-order valence-corrected chi connectivity index (χ0v) is 24.5. The van der Waals surface area contributed by atoms with Gasteiger partial charge in [0.15, 0.2) is 0 Å². The maximum Gasteiger partial charge on any atom is 0.239 e. The van der Waals surface area contributed by atoms with Crippen molar-refractivity contribution in [1.82, 2.24) is 20.4 Å². The van der Waals surface area contributed by atoms with Crippen LogP contribution in [0.25, 0.3) is 10.8 Å². The number of fused-ring (bicyclic) bond motifs is 1. The Hall–Kier alpha value is -3.11. The number of morpholine rings is 1. The molecule has 0 spiro atoms. The third-order valence-electron chi connectivity index (χ3n) is 7.41. The molecular formula is C31H35ClN4O4S. The molecule has 2 aliphatic heterocycles. The van der Waals surface area contributed by atoms with Gasteiger partial charge in [0.2, 0.25) is 17.7 Å². The van der Waals surface area contributed by atoms with E-state index in [0.717, 1.165) is 61.2 Å². The topological polar surface area (TPSA) is 91.0 Å². The number of carbonyl (C=O) groups excluding carboxylic acids is 3. The molecule has 2 heterocycles. The summed E-state index contributed by atoms with van der Waals surface area (Å²) in [6, 6.07) is 21.3. The van der Waals surface area contributed by atoms with Crippen molar-refractivity contribution in [2.75, 3.05) is 45.9 Å². The lowest BCUT2D eigenvalue weighted by molar-refractivity contribution is -0.136. The van der Waals surface area contributed by atoms with Crippen molar-refractivity contribution in [3.05, 3.63) is 82.9 Å². The van der Waals surface area contributed by atoms with Gasteiger partial charge in [0.05, 0.1) is 18.5 Å². The monoisotopic (exact) mass is 594 g/mol. The molecule has 0 aromatic heterocycles. The Bertz CT molecular complexity index is 1360. The van der Waals surface area contributed by atoms with Crippen LogP contribution in [0.4, 0.5) is 0 Å². The highest BCUT2D eigenvalue weighted by molar-refractivity contribution is 8.01. The first-order chi connectivity index (χ1) is 20.0. The van der Waals surface area contributed by atoms with Crippen LogP contribution in [0.2, 0.25) is 5.02 Å². The minimum Gasteiger partial charge on any atom is -0.379 e. The number of halogens is 1. The van der Waals surface area contributed by atoms with E-state index in [9.17, 15) is 14.4 Å². The molecule has 0 radical (unpaired) electrons. The van der Waals surface area contributed by atoms with E-state index in [0.29, 0.717) is 18.1 Å². The summed E-state index contributed by atoms with van der Waals surface area (Å²) in [6.07, 6.45) is 0.866. The summed E-state index contributed by atoms with van der Waals surface area (Å²) in [7, 11) is 0. The van der Waals surface area contributed by atoms with Gasteiger partial charge in [-0.3, -0.25) is 19.3 Å². The van der Waals surface area contributed by atoms with Crippen molar-refractivity contribution in [1.29, 1.82) is 0 Å². The lowest BCUT2D eigenvalue weighted by atomic mass is 10.0. The molecule has 2 N–H and O–H groups in total. The van der Waals surface area contributed by atoms with Crippen molar-refractivity contribution in [3.63, 3.8) is 0 Å². The molecule has 3 aromatic carbocycles. The van der Waals surface area contributed by atoms with Crippen LogP contribution < -0.4 is 10.6 Å². The number of hydrogen-bond acceptors (Lipinski definition) is 6. The summed E-state index contributed by atoms with van der Waals surface area (Å²) < 4.78 is 5.38. The van der Waals surface area contributed by atoms with E-state index in [-0.39, 0.29) is 36.1 Å². The van der Waals surface area contributed by atoms with E-state index in [1.165, 1.54) is 11.8 Å². The Kier molecular flexibility index (Phi) is 10.2. The highest BCUT2D eigenvalue weighted by atomic mass is 35.5. The Balaban J connectivity index is 1.18. The highest BCUT2D eigenvalue weighted by Gasteiger charge is 2.42. The van der Waals surface area contributed by atoms with E-state index in [1.807, 2.05) is 54.6 Å². The number of thioether (sulfide) groups is 1. The number of hydrogen-bond donors (Lipinski definition) is 2. The van der Waals surface area contributed by atoms with Crippen LogP contribution in [0.5, 0.6) is 0 Å². The lowest BCUT2D eigenvalue weighted by Gasteiger charge is -2.26. The molecule has 3 amide bonds. The molecule has 8 nitrogen and oxygen atoms in total. The number of amides is 3. The molecule has 2 aliphatic rings. The van der Waals surface area contributed by atoms with Crippen molar-refractivity contribution in [3.8, 4) is 0 Å². The molecule has 10 heteroatoms. The van der Waals surface area contributed by atoms with Crippen LogP contribution in [0.1, 0.15) is 29.3 Å². The maximum absolute atomic E-state index is 13.5. The van der Waals surface area contributed by atoms with Gasteiger partial charge in [0.25, 0.3) is 0 Å². The molecule has 2 saturated heterocycles. The fourth-order valence-electron chi connectivity index (χ4n) is 5.22. The second kappa shape index (κ2) is 14.2. The number of carbonyl (C=O) groups is 3. The molecule has 2 fully saturated rings. The van der Waals surface area contributed by atoms with Gasteiger partial charge in [-0.25, -0.2) is 0 Å². The van der Waals surface area contributed by atoms with Crippen LogP contribution in [0.15, 0.2) is 66.7 Å². The molecule has 5 rings (SSSR count). The van der Waals surface area contributed by atoms with Gasteiger partial charge < -0.3 is 20.3 Å². The van der Waals surface area contributed by atoms with Gasteiger partial charge in [-0.05, 0) is 47.0 Å². The molecule has 216 valence electrons. The first-order valence-corrected chi connectivity index (χ1v) is 15.3. The zero-order valence-electron chi connectivity index (χ0n) is 22.9. The first-order valence-electron chi connectivity index (χ1n) is 14.0. The van der Waals surface area contributed by atoms with Crippen molar-refractivity contribution in [2.45, 2.75) is 30.0 Å². The number of nitrogens with zero attached hydrogens (tertiary/aromatic N) is 2. The first kappa shape index (κ1) is 29.4. The number of rotatable bonds is 11. The number of benzene rings is 3. The molecule has 0 aliphatic carbocycles. The van der Waals surface area contributed by atoms with Crippen LogP contribution in [0, 0.1) is 0 Å². The van der Waals surface area contributed by atoms with E-state index >= 15 is 0 Å². The third kappa shape index (κ3) is 7.80. The Morgan fingerprint density at radius 3 is 2.51 bits per heavy atom. The van der Waals surface area contributed by atoms with E-state index < -0.39 is 5.25 Å². The van der Waals surface area contributed by atoms with Gasteiger partial charge in [-0.2, -0.15) is 0 Å². The summed E-state index contributed by atoms with van der Waals surface area (Å²) >= 11 is 7.50. The van der Waals surface area contributed by atoms with Gasteiger partial charge in [-0.1, -0.05) is 66.2 Å². The summed E-state index contributed by atoms with van der Waals surface area (Å²) in [6.45, 7) is 5.06. The van der Waals surface area contributed by atoms with E-state index in [2.05, 4.69) is 15.5 Å². The third-order valence-corrected chi connectivity index (χ3v) is 9.14. The number of ether oxygens (including phenoxy) is 1. The molecule has 0 unspecified atom stereocenters. The fourth-order valence-corrected chi connectivity index (χ4v) is 6.79. The second-order valence-corrected chi connectivity index (χ2v) is 12.0. The van der Waals surface area contributed by atoms with Crippen molar-refractivity contribution in [2.24, 2.45) is 0 Å². The zero-order chi connectivity index (χ0) is 28.6. The SMILES string of the molecule is O=C(C[C@H]1S[C@H](c2ccc(Cl)cc2)N(CC(=O)NCCCN2CCOCC2)C1=O)NCc1cccc2ccccc12. The van der Waals surface area contributed by atoms with Gasteiger partial charge in [0.1, 0.15) is 11.9 Å². The average molecular weight is 595 g/mol. The van der Waals surface area contributed by atoms with Gasteiger partial charge in [0, 0.05) is 37.6 Å². The molecule has 0 bridgehead atoms. The van der Waals surface area contributed by atoms with E-state index in [1.54, 1.807) is 17.0 Å². The van der Waals surface area contributed by atoms with Gasteiger partial charge >= 0.3 is 0 Å². The molecule has 0 saturated carbocycles. The quantitative estimate of drug-likeness (QED) is 0.326. The van der Waals surface area contributed by atoms with E-state index in [4.69, 9.17) is 16.3 Å². The van der Waals surface area contributed by atoms with Crippen LogP contribution in [-0.4, -0.2) is 78.7 Å². The normalized spacial score (nSPS) is 19.4. The van der Waals surface area contributed by atoms with Gasteiger partial charge in [-0.15, -0.1) is 11.8 Å². The Morgan fingerprint density at radius 1 is 0.951 bits per heavy atom. The minimum atomic E-state index is -0.586. The predicted molar refractivity (Wildman–Crippen MR) is 163 cm³/mol. The largest absolute Gasteiger partial charge is 0.379 e. The van der Waals surface area contributed by atoms with Crippen LogP contribution >= 0.6 is 23.4 Å². The summed E-state index contributed by atoms with van der Waals surface area (Å²) in [5.41, 5.74) is 1.89. The van der Waals surface area contributed by atoms with Crippen LogP contribution in [0.3, 0.4) is 0 Å². The van der Waals surface area contributed by atoms with Crippen molar-refractivity contribution >= 4 is 51.9 Å². The lowest BCUT2D eigenvalue weighted by Crippen LogP contribution is -2.42. The standard InChI is InChI=1S/C31H35ClN4O4S/c32-25-11-9-23(10-12-25)31-36(21-29(38)33-13-4-14-35-15-17-40-18-16-35)30(39)27(41-31)19-28(37)34-20-24-7-3-6-22-5-1-2-8-26(22)24/h1-3,5-12,27,31H,4,13-21H2,(H,33,38)(H,34,37)/t27-,31-/m1/s1. The highest BCUT2D eigenvalue weighted by Crippen LogP contribution is 2.44. The molecule has 3 aromatic rings. The smallest absolute Gasteiger partial charge is 0.239 e. The number of nitrogens with one attached hydrogen (secondary N) is 2.